The van der Waals surface area contributed by atoms with Crippen molar-refractivity contribution < 1.29 is 4.79 Å². The van der Waals surface area contributed by atoms with E-state index in [9.17, 15) is 4.79 Å². The van der Waals surface area contributed by atoms with E-state index in [4.69, 9.17) is 11.6 Å². The number of hydrogen-bond acceptors (Lipinski definition) is 2. The fourth-order valence-corrected chi connectivity index (χ4v) is 2.97. The molecule has 5 heteroatoms. The van der Waals surface area contributed by atoms with E-state index in [1.807, 2.05) is 74.0 Å². The number of hydrogen-bond donors (Lipinski definition) is 1. The lowest BCUT2D eigenvalue weighted by Gasteiger charge is -2.07. The van der Waals surface area contributed by atoms with E-state index in [1.165, 1.54) is 0 Å². The van der Waals surface area contributed by atoms with Crippen LogP contribution in [0.25, 0.3) is 0 Å². The predicted molar refractivity (Wildman–Crippen MR) is 101 cm³/mol. The molecule has 3 aromatic rings. The second-order valence-corrected chi connectivity index (χ2v) is 6.60. The van der Waals surface area contributed by atoms with Gasteiger partial charge in [-0.05, 0) is 44.0 Å². The summed E-state index contributed by atoms with van der Waals surface area (Å²) in [5.74, 6) is 0.384. The van der Waals surface area contributed by atoms with E-state index >= 15 is 0 Å². The molecule has 0 bridgehead atoms. The Labute approximate surface area is 152 Å². The molecule has 128 valence electrons. The van der Waals surface area contributed by atoms with Gasteiger partial charge in [0.25, 0.3) is 5.91 Å². The number of rotatable bonds is 4. The lowest BCUT2D eigenvalue weighted by Crippen LogP contribution is -2.14. The fourth-order valence-electron chi connectivity index (χ4n) is 2.77. The summed E-state index contributed by atoms with van der Waals surface area (Å²) in [5, 5.41) is 8.07. The molecule has 25 heavy (non-hydrogen) atoms. The van der Waals surface area contributed by atoms with Crippen LogP contribution in [0, 0.1) is 20.8 Å². The number of nitrogens with zero attached hydrogens (tertiary/aromatic N) is 2. The first-order chi connectivity index (χ1) is 11.9. The Balaban J connectivity index is 1.78. The highest BCUT2D eigenvalue weighted by molar-refractivity contribution is 6.31. The largest absolute Gasteiger partial charge is 0.305 e. The van der Waals surface area contributed by atoms with Gasteiger partial charge in [-0.15, -0.1) is 0 Å². The SMILES string of the molecule is Cc1ccc(C(=O)Nc2cc(C)n(Cc3ccccc3Cl)n2)c(C)c1. The Morgan fingerprint density at radius 3 is 2.60 bits per heavy atom. The normalized spacial score (nSPS) is 10.7. The zero-order valence-corrected chi connectivity index (χ0v) is 15.3. The van der Waals surface area contributed by atoms with Gasteiger partial charge in [0.2, 0.25) is 0 Å². The molecule has 0 aliphatic rings. The van der Waals surface area contributed by atoms with Crippen molar-refractivity contribution >= 4 is 23.3 Å². The van der Waals surface area contributed by atoms with Gasteiger partial charge in [0.05, 0.1) is 6.54 Å². The zero-order chi connectivity index (χ0) is 18.0. The minimum atomic E-state index is -0.153. The van der Waals surface area contributed by atoms with Gasteiger partial charge >= 0.3 is 0 Å². The van der Waals surface area contributed by atoms with Gasteiger partial charge in [-0.25, -0.2) is 0 Å². The average Bonchev–Trinajstić information content (AvgIpc) is 2.89. The van der Waals surface area contributed by atoms with Crippen LogP contribution in [0.2, 0.25) is 5.02 Å². The molecular formula is C20H20ClN3O. The first-order valence-electron chi connectivity index (χ1n) is 8.10. The van der Waals surface area contributed by atoms with E-state index in [1.54, 1.807) is 0 Å². The number of halogens is 1. The van der Waals surface area contributed by atoms with E-state index < -0.39 is 0 Å². The van der Waals surface area contributed by atoms with Crippen molar-refractivity contribution in [2.75, 3.05) is 5.32 Å². The Morgan fingerprint density at radius 1 is 1.12 bits per heavy atom. The van der Waals surface area contributed by atoms with E-state index in [2.05, 4.69) is 10.4 Å². The molecular weight excluding hydrogens is 334 g/mol. The fraction of sp³-hybridized carbons (Fsp3) is 0.200. The summed E-state index contributed by atoms with van der Waals surface area (Å²) >= 11 is 6.22. The Bertz CT molecular complexity index is 930. The molecule has 0 unspecified atom stereocenters. The van der Waals surface area contributed by atoms with Crippen molar-refractivity contribution in [2.45, 2.75) is 27.3 Å². The van der Waals surface area contributed by atoms with E-state index in [-0.39, 0.29) is 5.91 Å². The Kier molecular flexibility index (Phi) is 4.91. The van der Waals surface area contributed by atoms with Gasteiger partial charge in [-0.1, -0.05) is 47.5 Å². The second-order valence-electron chi connectivity index (χ2n) is 6.19. The van der Waals surface area contributed by atoms with Gasteiger partial charge in [0, 0.05) is 22.3 Å². The van der Waals surface area contributed by atoms with Crippen LogP contribution < -0.4 is 5.32 Å². The number of nitrogens with one attached hydrogen (secondary N) is 1. The number of benzene rings is 2. The molecule has 0 atom stereocenters. The van der Waals surface area contributed by atoms with E-state index in [0.29, 0.717) is 22.9 Å². The number of anilines is 1. The van der Waals surface area contributed by atoms with Crippen LogP contribution >= 0.6 is 11.6 Å². The average molecular weight is 354 g/mol. The number of carbonyl (C=O) groups excluding carboxylic acids is 1. The van der Waals surface area contributed by atoms with Gasteiger partial charge in [-0.2, -0.15) is 5.10 Å². The molecule has 0 saturated heterocycles. The minimum Gasteiger partial charge on any atom is -0.305 e. The van der Waals surface area contributed by atoms with Crippen LogP contribution in [0.15, 0.2) is 48.5 Å². The molecule has 0 aliphatic heterocycles. The quantitative estimate of drug-likeness (QED) is 0.734. The van der Waals surface area contributed by atoms with Gasteiger partial charge < -0.3 is 5.32 Å². The standard InChI is InChI=1S/C20H20ClN3O/c1-13-8-9-17(14(2)10-13)20(25)22-19-11-15(3)24(23-19)12-16-6-4-5-7-18(16)21/h4-11H,12H2,1-3H3,(H,22,23,25). The third kappa shape index (κ3) is 3.91. The first kappa shape index (κ1) is 17.2. The molecule has 2 aromatic carbocycles. The minimum absolute atomic E-state index is 0.153. The van der Waals surface area contributed by atoms with Crippen molar-refractivity contribution in [2.24, 2.45) is 0 Å². The summed E-state index contributed by atoms with van der Waals surface area (Å²) in [6.45, 7) is 6.46. The smallest absolute Gasteiger partial charge is 0.257 e. The monoisotopic (exact) mass is 353 g/mol. The predicted octanol–water partition coefficient (Wildman–Crippen LogP) is 4.76. The summed E-state index contributed by atoms with van der Waals surface area (Å²) in [5.41, 5.74) is 4.68. The van der Waals surface area contributed by atoms with Crippen LogP contribution in [-0.4, -0.2) is 15.7 Å². The maximum atomic E-state index is 12.5. The van der Waals surface area contributed by atoms with Crippen LogP contribution in [0.3, 0.4) is 0 Å². The maximum absolute atomic E-state index is 12.5. The second kappa shape index (κ2) is 7.11. The topological polar surface area (TPSA) is 46.9 Å². The van der Waals surface area contributed by atoms with Crippen molar-refractivity contribution in [3.05, 3.63) is 81.5 Å². The Hall–Kier alpha value is -2.59. The molecule has 1 N–H and O–H groups in total. The summed E-state index contributed by atoms with van der Waals surface area (Å²) in [7, 11) is 0. The van der Waals surface area contributed by atoms with Gasteiger partial charge in [0.1, 0.15) is 0 Å². The third-order valence-corrected chi connectivity index (χ3v) is 4.50. The molecule has 1 amide bonds. The van der Waals surface area contributed by atoms with Crippen LogP contribution in [0.1, 0.15) is 32.7 Å². The van der Waals surface area contributed by atoms with Gasteiger partial charge in [0.15, 0.2) is 5.82 Å². The molecule has 0 fully saturated rings. The number of carbonyl (C=O) groups is 1. The highest BCUT2D eigenvalue weighted by Gasteiger charge is 2.13. The molecule has 0 saturated carbocycles. The molecule has 0 aliphatic carbocycles. The molecule has 1 heterocycles. The third-order valence-electron chi connectivity index (χ3n) is 4.13. The van der Waals surface area contributed by atoms with Crippen molar-refractivity contribution in [3.8, 4) is 0 Å². The molecule has 4 nitrogen and oxygen atoms in total. The lowest BCUT2D eigenvalue weighted by molar-refractivity contribution is 0.102. The number of amides is 1. The van der Waals surface area contributed by atoms with Crippen molar-refractivity contribution in [3.63, 3.8) is 0 Å². The number of aromatic nitrogens is 2. The summed E-state index contributed by atoms with van der Waals surface area (Å²) < 4.78 is 1.83. The molecule has 0 spiro atoms. The zero-order valence-electron chi connectivity index (χ0n) is 14.5. The maximum Gasteiger partial charge on any atom is 0.257 e. The lowest BCUT2D eigenvalue weighted by atomic mass is 10.1. The summed E-state index contributed by atoms with van der Waals surface area (Å²) in [6.07, 6.45) is 0. The highest BCUT2D eigenvalue weighted by Crippen LogP contribution is 2.19. The van der Waals surface area contributed by atoms with Gasteiger partial charge in [-0.3, -0.25) is 9.48 Å². The Morgan fingerprint density at radius 2 is 1.88 bits per heavy atom. The molecule has 3 rings (SSSR count). The number of aryl methyl sites for hydroxylation is 3. The van der Waals surface area contributed by atoms with Crippen LogP contribution in [0.5, 0.6) is 0 Å². The summed E-state index contributed by atoms with van der Waals surface area (Å²) in [4.78, 5) is 12.5. The first-order valence-corrected chi connectivity index (χ1v) is 8.48. The van der Waals surface area contributed by atoms with E-state index in [0.717, 1.165) is 22.4 Å². The van der Waals surface area contributed by atoms with Crippen LogP contribution in [-0.2, 0) is 6.54 Å². The van der Waals surface area contributed by atoms with Crippen molar-refractivity contribution in [1.82, 2.24) is 9.78 Å². The van der Waals surface area contributed by atoms with Crippen LogP contribution in [0.4, 0.5) is 5.82 Å². The van der Waals surface area contributed by atoms with Crippen molar-refractivity contribution in [1.29, 1.82) is 0 Å². The highest BCUT2D eigenvalue weighted by atomic mass is 35.5. The molecule has 0 radical (unpaired) electrons. The molecule has 1 aromatic heterocycles. The summed E-state index contributed by atoms with van der Waals surface area (Å²) in [6, 6.07) is 15.3.